The van der Waals surface area contributed by atoms with Gasteiger partial charge in [0.05, 0.1) is 22.5 Å². The van der Waals surface area contributed by atoms with Crippen molar-refractivity contribution in [1.82, 2.24) is 0 Å². The summed E-state index contributed by atoms with van der Waals surface area (Å²) in [6.07, 6.45) is 0. The molecule has 0 fully saturated rings. The van der Waals surface area contributed by atoms with Crippen LogP contribution in [-0.4, -0.2) is 30.4 Å². The smallest absolute Gasteiger partial charge is 0.299 e. The van der Waals surface area contributed by atoms with Crippen molar-refractivity contribution < 1.29 is 19.2 Å². The van der Waals surface area contributed by atoms with Crippen molar-refractivity contribution in [2.75, 3.05) is 17.3 Å². The lowest BCUT2D eigenvalue weighted by molar-refractivity contribution is -0.114. The van der Waals surface area contributed by atoms with Gasteiger partial charge in [-0.3, -0.25) is 19.2 Å². The lowest BCUT2D eigenvalue weighted by Gasteiger charge is -2.06. The van der Waals surface area contributed by atoms with E-state index in [9.17, 15) is 19.2 Å². The molecule has 0 saturated carbocycles. The van der Waals surface area contributed by atoms with Gasteiger partial charge in [0.1, 0.15) is 0 Å². The van der Waals surface area contributed by atoms with Crippen molar-refractivity contribution in [1.29, 1.82) is 0 Å². The van der Waals surface area contributed by atoms with Crippen LogP contribution in [0.4, 0.5) is 11.4 Å². The summed E-state index contributed by atoms with van der Waals surface area (Å²) < 4.78 is 0. The molecule has 2 aliphatic rings. The van der Waals surface area contributed by atoms with E-state index in [0.717, 1.165) is 5.56 Å². The van der Waals surface area contributed by atoms with E-state index in [1.165, 1.54) is 4.90 Å². The van der Waals surface area contributed by atoms with Crippen LogP contribution in [0, 0.1) is 6.92 Å². The maximum absolute atomic E-state index is 11.2. The number of carbonyl (C=O) groups is 4. The number of Topliss-reactive ketones (excluding diaryl/α,β-unsaturated/α-hetero) is 2. The molecule has 0 unspecified atom stereocenters. The van der Waals surface area contributed by atoms with Crippen LogP contribution < -0.4 is 10.2 Å². The second-order valence-electron chi connectivity index (χ2n) is 5.49. The lowest BCUT2D eigenvalue weighted by Crippen LogP contribution is -2.24. The van der Waals surface area contributed by atoms with E-state index in [0.29, 0.717) is 22.5 Å². The predicted octanol–water partition coefficient (Wildman–Crippen LogP) is 1.98. The number of para-hydroxylation sites is 1. The first-order valence-corrected chi connectivity index (χ1v) is 7.28. The summed E-state index contributed by atoms with van der Waals surface area (Å²) in [4.78, 5) is 45.9. The van der Waals surface area contributed by atoms with Gasteiger partial charge in [-0.1, -0.05) is 24.3 Å². The number of hydrogen-bond acceptors (Lipinski definition) is 4. The van der Waals surface area contributed by atoms with Gasteiger partial charge in [-0.2, -0.15) is 0 Å². The Hall–Kier alpha value is -3.28. The van der Waals surface area contributed by atoms with Crippen LogP contribution in [0.3, 0.4) is 0 Å². The molecule has 2 aromatic carbocycles. The molecule has 0 atom stereocenters. The van der Waals surface area contributed by atoms with Gasteiger partial charge in [-0.05, 0) is 30.7 Å². The number of carbonyl (C=O) groups excluding carboxylic acids is 4. The fourth-order valence-corrected chi connectivity index (χ4v) is 2.70. The first-order valence-electron chi connectivity index (χ1n) is 7.28. The molecule has 0 aromatic heterocycles. The zero-order valence-electron chi connectivity index (χ0n) is 13.1. The van der Waals surface area contributed by atoms with Gasteiger partial charge in [0.15, 0.2) is 0 Å². The molecule has 0 radical (unpaired) electrons. The van der Waals surface area contributed by atoms with Crippen molar-refractivity contribution in [2.24, 2.45) is 0 Å². The number of anilines is 2. The Labute approximate surface area is 138 Å². The van der Waals surface area contributed by atoms with Crippen molar-refractivity contribution >= 4 is 34.8 Å². The number of hydrogen-bond donors (Lipinski definition) is 1. The number of ketones is 2. The molecule has 0 aliphatic carbocycles. The van der Waals surface area contributed by atoms with Crippen LogP contribution in [0.5, 0.6) is 0 Å². The first-order chi connectivity index (χ1) is 11.4. The molecule has 2 aliphatic heterocycles. The molecule has 0 saturated heterocycles. The summed E-state index contributed by atoms with van der Waals surface area (Å²) in [5.41, 5.74) is 3.20. The highest BCUT2D eigenvalue weighted by Crippen LogP contribution is 2.26. The zero-order valence-corrected chi connectivity index (χ0v) is 13.1. The van der Waals surface area contributed by atoms with Crippen LogP contribution in [0.1, 0.15) is 26.3 Å². The molecule has 0 spiro atoms. The van der Waals surface area contributed by atoms with Crippen molar-refractivity contribution in [3.8, 4) is 0 Å². The van der Waals surface area contributed by atoms with Gasteiger partial charge >= 0.3 is 0 Å². The van der Waals surface area contributed by atoms with Crippen LogP contribution >= 0.6 is 0 Å². The molecule has 6 heteroatoms. The Morgan fingerprint density at radius 3 is 2.25 bits per heavy atom. The molecule has 4 rings (SSSR count). The highest BCUT2D eigenvalue weighted by atomic mass is 16.2. The van der Waals surface area contributed by atoms with Crippen LogP contribution in [0.15, 0.2) is 42.5 Å². The molecule has 24 heavy (non-hydrogen) atoms. The largest absolute Gasteiger partial charge is 0.318 e. The van der Waals surface area contributed by atoms with Crippen LogP contribution in [-0.2, 0) is 9.59 Å². The van der Waals surface area contributed by atoms with E-state index in [2.05, 4.69) is 5.32 Å². The fraction of sp³-hybridized carbons (Fsp3) is 0.111. The maximum Gasteiger partial charge on any atom is 0.299 e. The van der Waals surface area contributed by atoms with Gasteiger partial charge in [0.25, 0.3) is 23.4 Å². The zero-order chi connectivity index (χ0) is 17.4. The third kappa shape index (κ3) is 2.38. The minimum atomic E-state index is -0.528. The molecule has 2 amide bonds. The summed E-state index contributed by atoms with van der Waals surface area (Å²) in [6, 6.07) is 12.3. The summed E-state index contributed by atoms with van der Waals surface area (Å²) in [6.45, 7) is 1.82. The highest BCUT2D eigenvalue weighted by molar-refractivity contribution is 6.52. The van der Waals surface area contributed by atoms with E-state index in [1.54, 1.807) is 37.4 Å². The predicted molar refractivity (Wildman–Crippen MR) is 88.3 cm³/mol. The monoisotopic (exact) mass is 322 g/mol. The molecular formula is C18H14N2O4. The Morgan fingerprint density at radius 1 is 0.875 bits per heavy atom. The van der Waals surface area contributed by atoms with Gasteiger partial charge < -0.3 is 10.2 Å². The quantitative estimate of drug-likeness (QED) is 0.752. The van der Waals surface area contributed by atoms with Crippen LogP contribution in [0.25, 0.3) is 0 Å². The number of nitrogens with one attached hydrogen (secondary N) is 1. The summed E-state index contributed by atoms with van der Waals surface area (Å²) >= 11 is 0. The molecule has 120 valence electrons. The van der Waals surface area contributed by atoms with Crippen molar-refractivity contribution in [2.45, 2.75) is 6.92 Å². The second-order valence-corrected chi connectivity index (χ2v) is 5.49. The van der Waals surface area contributed by atoms with Gasteiger partial charge in [0.2, 0.25) is 0 Å². The molecule has 2 heterocycles. The maximum atomic E-state index is 11.2. The first kappa shape index (κ1) is 15.6. The number of likely N-dealkylation sites (N-methyl/N-ethyl adjacent to an activating group) is 1. The Morgan fingerprint density at radius 2 is 1.58 bits per heavy atom. The van der Waals surface area contributed by atoms with Gasteiger partial charge in [-0.25, -0.2) is 0 Å². The minimum absolute atomic E-state index is 0.409. The summed E-state index contributed by atoms with van der Waals surface area (Å²) in [5.74, 6) is -1.81. The van der Waals surface area contributed by atoms with Crippen molar-refractivity contribution in [3.63, 3.8) is 0 Å². The number of rotatable bonds is 0. The minimum Gasteiger partial charge on any atom is -0.318 e. The number of fused-ring (bicyclic) bond motifs is 2. The Kier molecular flexibility index (Phi) is 3.73. The fourth-order valence-electron chi connectivity index (χ4n) is 2.70. The van der Waals surface area contributed by atoms with Gasteiger partial charge in [-0.15, -0.1) is 0 Å². The highest BCUT2D eigenvalue weighted by Gasteiger charge is 2.32. The van der Waals surface area contributed by atoms with E-state index >= 15 is 0 Å². The van der Waals surface area contributed by atoms with Crippen LogP contribution in [0.2, 0.25) is 0 Å². The van der Waals surface area contributed by atoms with E-state index < -0.39 is 23.4 Å². The molecule has 6 nitrogen and oxygen atoms in total. The van der Waals surface area contributed by atoms with E-state index in [4.69, 9.17) is 0 Å². The number of amides is 2. The normalized spacial score (nSPS) is 14.8. The average molecular weight is 322 g/mol. The second kappa shape index (κ2) is 5.73. The molecule has 0 bridgehead atoms. The summed E-state index contributed by atoms with van der Waals surface area (Å²) in [7, 11) is 1.60. The SMILES string of the molecule is CN1C(=O)C(=O)c2ccccc21.Cc1cccc2c1C(=O)C(=O)N2. The third-order valence-corrected chi connectivity index (χ3v) is 3.96. The molecule has 2 aromatic rings. The third-order valence-electron chi connectivity index (χ3n) is 3.96. The Balaban J connectivity index is 0.000000141. The average Bonchev–Trinajstić information content (AvgIpc) is 2.99. The molecular weight excluding hydrogens is 308 g/mol. The van der Waals surface area contributed by atoms with Crippen molar-refractivity contribution in [3.05, 3.63) is 59.2 Å². The Bertz CT molecular complexity index is 902. The van der Waals surface area contributed by atoms with Gasteiger partial charge in [0, 0.05) is 7.05 Å². The topological polar surface area (TPSA) is 83.6 Å². The van der Waals surface area contributed by atoms with E-state index in [-0.39, 0.29) is 0 Å². The number of benzene rings is 2. The number of aryl methyl sites for hydroxylation is 1. The standard InChI is InChI=1S/2C9H7NO2/c1-10-7-5-3-2-4-6(7)8(11)9(10)12;1-5-3-2-4-6-7(5)8(11)9(12)10-6/h2-5H,1H3;2-4H,1H3,(H,10,11,12). The summed E-state index contributed by atoms with van der Waals surface area (Å²) in [5, 5.41) is 2.50. The number of nitrogens with zero attached hydrogens (tertiary/aromatic N) is 1. The lowest BCUT2D eigenvalue weighted by atomic mass is 10.1. The molecule has 1 N–H and O–H groups in total. The van der Waals surface area contributed by atoms with E-state index in [1.807, 2.05) is 19.1 Å².